The van der Waals surface area contributed by atoms with Gasteiger partial charge >= 0.3 is 15.2 Å². The monoisotopic (exact) mass is 260 g/mol. The molecule has 0 saturated heterocycles. The van der Waals surface area contributed by atoms with E-state index in [1.807, 2.05) is 0 Å². The average Bonchev–Trinajstić information content (AvgIpc) is 2.27. The van der Waals surface area contributed by atoms with Gasteiger partial charge in [0.25, 0.3) is 0 Å². The first-order valence-electron chi connectivity index (χ1n) is 4.50. The molecule has 0 heterocycles. The maximum atomic E-state index is 10.9. The van der Waals surface area contributed by atoms with E-state index in [1.54, 1.807) is 6.07 Å². The van der Waals surface area contributed by atoms with Crippen LogP contribution in [-0.4, -0.2) is 33.4 Å². The molecule has 0 aromatic heterocycles. The largest absolute Gasteiger partial charge is 0.374 e. The van der Waals surface area contributed by atoms with E-state index in [0.29, 0.717) is 6.08 Å². The highest BCUT2D eigenvalue weighted by atomic mass is 32.2. The van der Waals surface area contributed by atoms with Crippen molar-refractivity contribution in [3.63, 3.8) is 0 Å². The van der Waals surface area contributed by atoms with Gasteiger partial charge in [-0.2, -0.15) is 8.42 Å². The van der Waals surface area contributed by atoms with Gasteiger partial charge in [-0.15, -0.1) is 0 Å². The van der Waals surface area contributed by atoms with Gasteiger partial charge in [0, 0.05) is 0 Å². The Morgan fingerprint density at radius 1 is 1.12 bits per heavy atom. The predicted octanol–water partition coefficient (Wildman–Crippen LogP) is -0.414. The van der Waals surface area contributed by atoms with Gasteiger partial charge in [0.1, 0.15) is 0 Å². The van der Waals surface area contributed by atoms with Crippen LogP contribution in [0.4, 0.5) is 0 Å². The van der Waals surface area contributed by atoms with Crippen molar-refractivity contribution in [1.82, 2.24) is 0 Å². The molecular weight excluding hydrogens is 248 g/mol. The van der Waals surface area contributed by atoms with Crippen LogP contribution in [-0.2, 0) is 15.7 Å². The van der Waals surface area contributed by atoms with Crippen LogP contribution in [0, 0.1) is 0 Å². The summed E-state index contributed by atoms with van der Waals surface area (Å²) in [6.45, 7) is 3.14. The first-order chi connectivity index (χ1) is 7.67. The van der Waals surface area contributed by atoms with E-state index in [9.17, 15) is 23.7 Å². The van der Waals surface area contributed by atoms with Crippen molar-refractivity contribution in [3.05, 3.63) is 48.6 Å². The first-order valence-corrected chi connectivity index (χ1v) is 5.94. The van der Waals surface area contributed by atoms with Crippen molar-refractivity contribution < 1.29 is 28.3 Å². The normalized spacial score (nSPS) is 16.2. The van der Waals surface area contributed by atoms with Crippen LogP contribution in [0.3, 0.4) is 0 Å². The third kappa shape index (κ3) is 2.11. The van der Waals surface area contributed by atoms with Crippen LogP contribution in [0.2, 0.25) is 0 Å². The van der Waals surface area contributed by atoms with Crippen LogP contribution >= 0.6 is 0 Å². The molecule has 17 heavy (non-hydrogen) atoms. The maximum absolute atomic E-state index is 10.9. The van der Waals surface area contributed by atoms with Crippen molar-refractivity contribution in [2.75, 3.05) is 0 Å². The van der Waals surface area contributed by atoms with Crippen LogP contribution in [0.15, 0.2) is 43.0 Å². The Labute approximate surface area is 98.2 Å². The van der Waals surface area contributed by atoms with E-state index in [-0.39, 0.29) is 5.56 Å². The second kappa shape index (κ2) is 4.21. The summed E-state index contributed by atoms with van der Waals surface area (Å²) in [7, 11) is -5.33. The average molecular weight is 260 g/mol. The number of hydrogen-bond donors (Lipinski definition) is 4. The molecule has 0 spiro atoms. The molecule has 1 atom stereocenters. The number of hydrogen-bond acceptors (Lipinski definition) is 5. The van der Waals surface area contributed by atoms with E-state index in [1.165, 1.54) is 24.3 Å². The van der Waals surface area contributed by atoms with Gasteiger partial charge in [-0.25, -0.2) is 0 Å². The van der Waals surface area contributed by atoms with Crippen molar-refractivity contribution in [3.8, 4) is 0 Å². The van der Waals surface area contributed by atoms with Crippen molar-refractivity contribution in [2.24, 2.45) is 0 Å². The Kier molecular flexibility index (Phi) is 3.42. The minimum Gasteiger partial charge on any atom is -0.374 e. The molecule has 0 aliphatic rings. The lowest BCUT2D eigenvalue weighted by Crippen LogP contribution is -2.55. The molecular formula is C10H12O6S. The topological polar surface area (TPSA) is 115 Å². The van der Waals surface area contributed by atoms with E-state index in [0.717, 1.165) is 0 Å². The minimum absolute atomic E-state index is 0.141. The van der Waals surface area contributed by atoms with Gasteiger partial charge in [-0.1, -0.05) is 36.9 Å². The summed E-state index contributed by atoms with van der Waals surface area (Å²) in [6, 6.07) is 6.99. The summed E-state index contributed by atoms with van der Waals surface area (Å²) in [5.41, 5.74) is -2.89. The number of benzene rings is 1. The van der Waals surface area contributed by atoms with E-state index < -0.39 is 20.8 Å². The highest BCUT2D eigenvalue weighted by Crippen LogP contribution is 2.35. The van der Waals surface area contributed by atoms with Crippen LogP contribution in [0.1, 0.15) is 5.56 Å². The third-order valence-corrected chi connectivity index (χ3v) is 3.40. The summed E-state index contributed by atoms with van der Waals surface area (Å²) in [5, 5.41) is 25.0. The highest BCUT2D eigenvalue weighted by Gasteiger charge is 2.57. The molecule has 94 valence electrons. The number of aliphatic hydroxyl groups is 3. The SMILES string of the molecule is C=CC(O)(c1ccccc1)C(O)(O)S(=O)(=O)O. The zero-order valence-corrected chi connectivity index (χ0v) is 9.50. The lowest BCUT2D eigenvalue weighted by molar-refractivity contribution is -0.204. The molecule has 0 fully saturated rings. The second-order valence-corrected chi connectivity index (χ2v) is 4.94. The fourth-order valence-corrected chi connectivity index (χ4v) is 1.92. The Morgan fingerprint density at radius 3 is 1.94 bits per heavy atom. The molecule has 1 aromatic rings. The zero-order valence-electron chi connectivity index (χ0n) is 8.68. The van der Waals surface area contributed by atoms with Crippen LogP contribution in [0.25, 0.3) is 0 Å². The third-order valence-electron chi connectivity index (χ3n) is 2.37. The predicted molar refractivity (Wildman–Crippen MR) is 59.3 cm³/mol. The van der Waals surface area contributed by atoms with Crippen LogP contribution < -0.4 is 0 Å². The summed E-state index contributed by atoms with van der Waals surface area (Å²) in [6.07, 6.45) is 0.621. The lowest BCUT2D eigenvalue weighted by atomic mass is 9.93. The quantitative estimate of drug-likeness (QED) is 0.332. The number of rotatable bonds is 4. The minimum atomic E-state index is -5.33. The molecule has 0 aliphatic carbocycles. The highest BCUT2D eigenvalue weighted by molar-refractivity contribution is 7.86. The molecule has 7 heteroatoms. The molecule has 1 rings (SSSR count). The molecule has 0 aliphatic heterocycles. The molecule has 4 N–H and O–H groups in total. The van der Waals surface area contributed by atoms with Gasteiger partial charge in [-0.3, -0.25) is 4.55 Å². The van der Waals surface area contributed by atoms with E-state index >= 15 is 0 Å². The maximum Gasteiger partial charge on any atom is 0.332 e. The fraction of sp³-hybridized carbons (Fsp3) is 0.200. The Morgan fingerprint density at radius 2 is 1.59 bits per heavy atom. The summed E-state index contributed by atoms with van der Waals surface area (Å²) in [5.74, 6) is 0. The molecule has 0 radical (unpaired) electrons. The van der Waals surface area contributed by atoms with Gasteiger partial charge in [0.05, 0.1) is 0 Å². The standard InChI is InChI=1S/C10H12O6S/c1-2-9(11,8-6-4-3-5-7-8)10(12,13)17(14,15)16/h2-7,11-13H,1H2,(H,14,15,16). The molecule has 0 saturated carbocycles. The molecule has 1 aromatic carbocycles. The molecule has 0 bridgehead atoms. The van der Waals surface area contributed by atoms with Gasteiger partial charge in [-0.05, 0) is 11.6 Å². The molecule has 0 amide bonds. The molecule has 1 unspecified atom stereocenters. The summed E-state index contributed by atoms with van der Waals surface area (Å²) < 4.78 is 30.5. The van der Waals surface area contributed by atoms with Crippen molar-refractivity contribution >= 4 is 10.1 Å². The zero-order chi connectivity index (χ0) is 13.3. The first kappa shape index (κ1) is 13.8. The smallest absolute Gasteiger partial charge is 0.332 e. The van der Waals surface area contributed by atoms with Crippen molar-refractivity contribution in [2.45, 2.75) is 10.7 Å². The van der Waals surface area contributed by atoms with Crippen LogP contribution in [0.5, 0.6) is 0 Å². The summed E-state index contributed by atoms with van der Waals surface area (Å²) >= 11 is 0. The lowest BCUT2D eigenvalue weighted by Gasteiger charge is -2.34. The van der Waals surface area contributed by atoms with Gasteiger partial charge in [0.15, 0.2) is 5.60 Å². The Bertz CT molecular complexity index is 507. The van der Waals surface area contributed by atoms with E-state index in [4.69, 9.17) is 4.55 Å². The Balaban J connectivity index is 3.47. The summed E-state index contributed by atoms with van der Waals surface area (Å²) in [4.78, 5) is 0. The van der Waals surface area contributed by atoms with Crippen molar-refractivity contribution in [1.29, 1.82) is 0 Å². The van der Waals surface area contributed by atoms with Gasteiger partial charge < -0.3 is 15.3 Å². The second-order valence-electron chi connectivity index (χ2n) is 3.42. The molecule has 6 nitrogen and oxygen atoms in total. The Hall–Kier alpha value is -1.25. The fourth-order valence-electron chi connectivity index (χ4n) is 1.33. The van der Waals surface area contributed by atoms with E-state index in [2.05, 4.69) is 6.58 Å². The van der Waals surface area contributed by atoms with Gasteiger partial charge in [0.2, 0.25) is 0 Å².